The van der Waals surface area contributed by atoms with Gasteiger partial charge in [-0.25, -0.2) is 0 Å². The average molecular weight is 254 g/mol. The minimum Gasteiger partial charge on any atom is -0.298 e. The van der Waals surface area contributed by atoms with E-state index in [-0.39, 0.29) is 0 Å². The van der Waals surface area contributed by atoms with Crippen LogP contribution < -0.4 is 0 Å². The number of ketones is 1. The summed E-state index contributed by atoms with van der Waals surface area (Å²) in [4.78, 5) is 11.8. The van der Waals surface area contributed by atoms with Gasteiger partial charge in [0.1, 0.15) is 5.78 Å². The lowest BCUT2D eigenvalue weighted by Crippen LogP contribution is -2.11. The maximum Gasteiger partial charge on any atom is 0.148 e. The molecule has 4 heteroatoms. The van der Waals surface area contributed by atoms with E-state index in [0.29, 0.717) is 18.0 Å². The van der Waals surface area contributed by atoms with Crippen LogP contribution in [0.15, 0.2) is 6.07 Å². The zero-order valence-corrected chi connectivity index (χ0v) is 11.8. The predicted molar refractivity (Wildman–Crippen MR) is 73.6 cm³/mol. The summed E-state index contributed by atoms with van der Waals surface area (Å²) < 4.78 is 1.95. The number of aryl methyl sites for hydroxylation is 2. The van der Waals surface area contributed by atoms with Crippen LogP contribution in [0.5, 0.6) is 0 Å². The van der Waals surface area contributed by atoms with E-state index in [1.807, 2.05) is 4.68 Å². The Labute approximate surface area is 108 Å². The number of hydrogen-bond acceptors (Lipinski definition) is 3. The van der Waals surface area contributed by atoms with Gasteiger partial charge in [0, 0.05) is 18.7 Å². The van der Waals surface area contributed by atoms with Gasteiger partial charge in [-0.2, -0.15) is 16.9 Å². The molecule has 3 nitrogen and oxygen atoms in total. The second-order valence-electron chi connectivity index (χ2n) is 4.06. The molecule has 0 fully saturated rings. The molecule has 96 valence electrons. The number of aromatic nitrogens is 2. The minimum atomic E-state index is 0.306. The summed E-state index contributed by atoms with van der Waals surface area (Å²) in [6.07, 6.45) is 2.58. The second-order valence-corrected chi connectivity index (χ2v) is 5.17. The van der Waals surface area contributed by atoms with Gasteiger partial charge in [0.25, 0.3) is 0 Å². The Hall–Kier alpha value is -0.770. The number of carbonyl (C=O) groups is 1. The highest BCUT2D eigenvalue weighted by molar-refractivity contribution is 7.99. The van der Waals surface area contributed by atoms with Gasteiger partial charge in [-0.05, 0) is 31.6 Å². The number of Topliss-reactive ketones (excluding diaryl/α,β-unsaturated/α-hetero) is 1. The van der Waals surface area contributed by atoms with Crippen molar-refractivity contribution in [3.8, 4) is 0 Å². The summed E-state index contributed by atoms with van der Waals surface area (Å²) in [7, 11) is 0. The van der Waals surface area contributed by atoms with E-state index in [9.17, 15) is 4.79 Å². The Balaban J connectivity index is 2.54. The van der Waals surface area contributed by atoms with Crippen molar-refractivity contribution in [1.29, 1.82) is 0 Å². The zero-order valence-electron chi connectivity index (χ0n) is 11.0. The molecule has 0 aliphatic rings. The second kappa shape index (κ2) is 7.54. The summed E-state index contributed by atoms with van der Waals surface area (Å²) in [5.41, 5.74) is 2.14. The van der Waals surface area contributed by atoms with Crippen LogP contribution in [0.4, 0.5) is 0 Å². The van der Waals surface area contributed by atoms with Crippen molar-refractivity contribution in [2.24, 2.45) is 0 Å². The van der Waals surface area contributed by atoms with Crippen LogP contribution in [0.1, 0.15) is 38.6 Å². The minimum absolute atomic E-state index is 0.306. The predicted octanol–water partition coefficient (Wildman–Crippen LogP) is 2.72. The molecule has 0 spiro atoms. The Morgan fingerprint density at radius 2 is 2.18 bits per heavy atom. The Bertz CT molecular complexity index is 360. The molecule has 0 saturated carbocycles. The van der Waals surface area contributed by atoms with Gasteiger partial charge in [-0.1, -0.05) is 13.8 Å². The maximum absolute atomic E-state index is 11.8. The highest BCUT2D eigenvalue weighted by atomic mass is 32.2. The molecule has 0 radical (unpaired) electrons. The van der Waals surface area contributed by atoms with Crippen LogP contribution in [0.25, 0.3) is 0 Å². The molecule has 17 heavy (non-hydrogen) atoms. The summed E-state index contributed by atoms with van der Waals surface area (Å²) in [5.74, 6) is 2.00. The normalized spacial score (nSPS) is 10.8. The molecule has 0 amide bonds. The van der Waals surface area contributed by atoms with Gasteiger partial charge < -0.3 is 0 Å². The van der Waals surface area contributed by atoms with Crippen LogP contribution in [0, 0.1) is 0 Å². The van der Waals surface area contributed by atoms with Crippen molar-refractivity contribution < 1.29 is 4.79 Å². The summed E-state index contributed by atoms with van der Waals surface area (Å²) in [6.45, 7) is 7.12. The third kappa shape index (κ3) is 4.54. The monoisotopic (exact) mass is 254 g/mol. The van der Waals surface area contributed by atoms with E-state index in [1.54, 1.807) is 11.8 Å². The molecule has 1 heterocycles. The third-order valence-electron chi connectivity index (χ3n) is 2.57. The van der Waals surface area contributed by atoms with E-state index in [4.69, 9.17) is 0 Å². The fourth-order valence-electron chi connectivity index (χ4n) is 1.69. The highest BCUT2D eigenvalue weighted by Crippen LogP contribution is 2.09. The molecule has 1 aromatic rings. The standard InChI is InChI=1S/C13H22N2OS/c1-4-7-17-10-13(16)9-12-8-11(5-2)14-15(12)6-3/h8H,4-7,9-10H2,1-3H3. The highest BCUT2D eigenvalue weighted by Gasteiger charge is 2.10. The quantitative estimate of drug-likeness (QED) is 0.669. The first-order valence-electron chi connectivity index (χ1n) is 6.36. The van der Waals surface area contributed by atoms with Gasteiger partial charge in [0.2, 0.25) is 0 Å². The van der Waals surface area contributed by atoms with E-state index in [0.717, 1.165) is 36.5 Å². The van der Waals surface area contributed by atoms with Gasteiger partial charge in [-0.15, -0.1) is 0 Å². The first-order valence-corrected chi connectivity index (χ1v) is 7.51. The molecular weight excluding hydrogens is 232 g/mol. The van der Waals surface area contributed by atoms with Crippen molar-refractivity contribution in [2.45, 2.75) is 46.6 Å². The molecule has 1 rings (SSSR count). The van der Waals surface area contributed by atoms with Gasteiger partial charge >= 0.3 is 0 Å². The molecule has 0 aliphatic carbocycles. The molecule has 0 aliphatic heterocycles. The average Bonchev–Trinajstić information content (AvgIpc) is 2.71. The van der Waals surface area contributed by atoms with E-state index >= 15 is 0 Å². The third-order valence-corrected chi connectivity index (χ3v) is 3.79. The molecule has 0 atom stereocenters. The SMILES string of the molecule is CCCSCC(=O)Cc1cc(CC)nn1CC. The number of hydrogen-bond donors (Lipinski definition) is 0. The number of thioether (sulfide) groups is 1. The van der Waals surface area contributed by atoms with Gasteiger partial charge in [0.15, 0.2) is 0 Å². The first-order chi connectivity index (χ1) is 8.21. The van der Waals surface area contributed by atoms with Crippen LogP contribution in [0.3, 0.4) is 0 Å². The number of nitrogens with zero attached hydrogens (tertiary/aromatic N) is 2. The summed E-state index contributed by atoms with van der Waals surface area (Å²) >= 11 is 1.73. The lowest BCUT2D eigenvalue weighted by atomic mass is 10.2. The Kier molecular flexibility index (Phi) is 6.34. The number of rotatable bonds is 8. The van der Waals surface area contributed by atoms with E-state index < -0.39 is 0 Å². The largest absolute Gasteiger partial charge is 0.298 e. The van der Waals surface area contributed by atoms with Crippen molar-refractivity contribution >= 4 is 17.5 Å². The lowest BCUT2D eigenvalue weighted by molar-refractivity contribution is -0.116. The van der Waals surface area contributed by atoms with Gasteiger partial charge in [0.05, 0.1) is 11.4 Å². The van der Waals surface area contributed by atoms with Crippen LogP contribution in [-0.4, -0.2) is 27.1 Å². The Morgan fingerprint density at radius 1 is 1.41 bits per heavy atom. The topological polar surface area (TPSA) is 34.9 Å². The van der Waals surface area contributed by atoms with Crippen molar-refractivity contribution in [3.63, 3.8) is 0 Å². The molecule has 0 unspecified atom stereocenters. The molecule has 0 bridgehead atoms. The molecule has 1 aromatic heterocycles. The number of carbonyl (C=O) groups excluding carboxylic acids is 1. The zero-order chi connectivity index (χ0) is 12.7. The van der Waals surface area contributed by atoms with Crippen LogP contribution in [0.2, 0.25) is 0 Å². The lowest BCUT2D eigenvalue weighted by Gasteiger charge is -2.03. The molecule has 0 N–H and O–H groups in total. The van der Waals surface area contributed by atoms with Crippen molar-refractivity contribution in [1.82, 2.24) is 9.78 Å². The molecule has 0 saturated heterocycles. The van der Waals surface area contributed by atoms with Gasteiger partial charge in [-0.3, -0.25) is 9.48 Å². The van der Waals surface area contributed by atoms with Crippen molar-refractivity contribution in [2.75, 3.05) is 11.5 Å². The summed E-state index contributed by atoms with van der Waals surface area (Å²) in [5, 5.41) is 4.45. The van der Waals surface area contributed by atoms with Crippen molar-refractivity contribution in [3.05, 3.63) is 17.5 Å². The first kappa shape index (κ1) is 14.3. The van der Waals surface area contributed by atoms with Crippen LogP contribution >= 0.6 is 11.8 Å². The maximum atomic E-state index is 11.8. The summed E-state index contributed by atoms with van der Waals surface area (Å²) in [6, 6.07) is 2.06. The Morgan fingerprint density at radius 3 is 2.76 bits per heavy atom. The molecule has 0 aromatic carbocycles. The van der Waals surface area contributed by atoms with E-state index in [2.05, 4.69) is 31.9 Å². The fraction of sp³-hybridized carbons (Fsp3) is 0.692. The fourth-order valence-corrected chi connectivity index (χ4v) is 2.45. The smallest absolute Gasteiger partial charge is 0.148 e. The van der Waals surface area contributed by atoms with E-state index in [1.165, 1.54) is 0 Å². The molecular formula is C13H22N2OS. The van der Waals surface area contributed by atoms with Crippen LogP contribution in [-0.2, 0) is 24.2 Å².